The van der Waals surface area contributed by atoms with E-state index in [0.717, 1.165) is 4.90 Å². The van der Waals surface area contributed by atoms with Crippen molar-refractivity contribution in [3.63, 3.8) is 0 Å². The fraction of sp³-hybridized carbons (Fsp3) is 0.511. The maximum Gasteiger partial charge on any atom is 0.325 e. The van der Waals surface area contributed by atoms with E-state index in [2.05, 4.69) is 36.9 Å². The number of benzene rings is 2. The number of aliphatic hydroxyl groups is 1. The minimum Gasteiger partial charge on any atom is -0.508 e. The lowest BCUT2D eigenvalue weighted by atomic mass is 10.0. The van der Waals surface area contributed by atoms with Gasteiger partial charge in [-0.1, -0.05) is 24.3 Å². The molecule has 2 aromatic carbocycles. The first-order valence-corrected chi connectivity index (χ1v) is 22.8. The molecule has 2 aliphatic heterocycles. The van der Waals surface area contributed by atoms with Gasteiger partial charge in [-0.3, -0.25) is 48.1 Å². The van der Waals surface area contributed by atoms with E-state index in [4.69, 9.17) is 22.3 Å². The third-order valence-corrected chi connectivity index (χ3v) is 11.7. The minimum absolute atomic E-state index is 0.0222. The normalized spacial score (nSPS) is 17.9. The summed E-state index contributed by atoms with van der Waals surface area (Å²) in [4.78, 5) is 125. The van der Waals surface area contributed by atoms with Gasteiger partial charge in [0.2, 0.25) is 47.3 Å². The predicted octanol–water partition coefficient (Wildman–Crippen LogP) is -4.10. The largest absolute Gasteiger partial charge is 0.508 e. The number of hydrogen-bond donors (Lipinski definition) is 13. The second-order valence-electron chi connectivity index (χ2n) is 17.1. The molecule has 8 atom stereocenters. The second-order valence-corrected chi connectivity index (χ2v) is 17.1. The van der Waals surface area contributed by atoms with Gasteiger partial charge in [0.05, 0.1) is 19.2 Å². The molecule has 0 spiro atoms. The van der Waals surface area contributed by atoms with Gasteiger partial charge in [-0.25, -0.2) is 0 Å². The Bertz CT molecular complexity index is 2220. The molecular formula is C45H64N12O13. The molecule has 70 heavy (non-hydrogen) atoms. The predicted molar refractivity (Wildman–Crippen MR) is 250 cm³/mol. The molecule has 4 rings (SSSR count). The van der Waals surface area contributed by atoms with Crippen molar-refractivity contribution in [3.05, 3.63) is 59.7 Å². The third kappa shape index (κ3) is 16.3. The summed E-state index contributed by atoms with van der Waals surface area (Å²) >= 11 is 0. The number of aliphatic imine (C=N–C) groups is 1. The molecule has 25 nitrogen and oxygen atoms in total. The number of likely N-dealkylation sites (tertiary alicyclic amines) is 2. The van der Waals surface area contributed by atoms with Crippen molar-refractivity contribution in [2.45, 2.75) is 114 Å². The maximum absolute atomic E-state index is 14.1. The second kappa shape index (κ2) is 26.3. The lowest BCUT2D eigenvalue weighted by Gasteiger charge is -2.31. The molecule has 2 aromatic rings. The van der Waals surface area contributed by atoms with Gasteiger partial charge in [0.25, 0.3) is 0 Å². The van der Waals surface area contributed by atoms with E-state index >= 15 is 0 Å². The van der Waals surface area contributed by atoms with Gasteiger partial charge in [-0.2, -0.15) is 0 Å². The number of phenols is 2. The zero-order chi connectivity index (χ0) is 51.7. The smallest absolute Gasteiger partial charge is 0.325 e. The molecule has 2 fully saturated rings. The molecule has 382 valence electrons. The summed E-state index contributed by atoms with van der Waals surface area (Å²) in [6.45, 7) is 1.30. The van der Waals surface area contributed by atoms with Crippen LogP contribution in [-0.2, 0) is 56.0 Å². The first-order valence-electron chi connectivity index (χ1n) is 22.8. The van der Waals surface area contributed by atoms with Crippen molar-refractivity contribution in [1.29, 1.82) is 0 Å². The van der Waals surface area contributed by atoms with Gasteiger partial charge in [0, 0.05) is 26.1 Å². The summed E-state index contributed by atoms with van der Waals surface area (Å²) in [5, 5.41) is 53.7. The number of hydrogen-bond acceptors (Lipinski definition) is 14. The van der Waals surface area contributed by atoms with Crippen LogP contribution in [0.15, 0.2) is 53.5 Å². The quantitative estimate of drug-likeness (QED) is 0.0270. The molecule has 0 aliphatic carbocycles. The number of carboxylic acids is 1. The Labute approximate surface area is 403 Å². The number of rotatable bonds is 24. The molecule has 0 aromatic heterocycles. The van der Waals surface area contributed by atoms with E-state index in [9.17, 15) is 58.5 Å². The van der Waals surface area contributed by atoms with E-state index < -0.39 is 115 Å². The van der Waals surface area contributed by atoms with E-state index in [1.54, 1.807) is 12.1 Å². The number of carbonyl (C=O) groups is 9. The summed E-state index contributed by atoms with van der Waals surface area (Å²) in [6, 6.07) is 2.05. The van der Waals surface area contributed by atoms with Gasteiger partial charge < -0.3 is 79.3 Å². The lowest BCUT2D eigenvalue weighted by Crippen LogP contribution is -2.60. The number of guanidine groups is 1. The summed E-state index contributed by atoms with van der Waals surface area (Å²) in [7, 11) is 0. The van der Waals surface area contributed by atoms with Crippen LogP contribution in [0.3, 0.4) is 0 Å². The van der Waals surface area contributed by atoms with E-state index in [1.165, 1.54) is 55.1 Å². The van der Waals surface area contributed by atoms with E-state index in [-0.39, 0.29) is 75.6 Å². The Kier molecular flexibility index (Phi) is 20.7. The molecule has 0 bridgehead atoms. The summed E-state index contributed by atoms with van der Waals surface area (Å²) < 4.78 is 0. The summed E-state index contributed by atoms with van der Waals surface area (Å²) in [6.07, 6.45) is 1.32. The number of amides is 8. The highest BCUT2D eigenvalue weighted by Crippen LogP contribution is 2.22. The SMILES string of the molecule is C[C@H](NC(=O)[C@H](C)NC(=O)CNC(=O)[C@H](Cc1ccc(O)cc1)NC(=O)[C@@H]1CCCN1C(=O)[C@H](CO)NC(=O)[C@H](CCCN=C(N)N)NC(=O)[C@@H]1CCCN1C(=O)[C@@H](N)Cc1ccc(O)cc1)C(=O)O. The van der Waals surface area contributed by atoms with Crippen LogP contribution < -0.4 is 49.1 Å². The Morgan fingerprint density at radius 1 is 0.671 bits per heavy atom. The van der Waals surface area contributed by atoms with Crippen LogP contribution in [0.1, 0.15) is 63.5 Å². The van der Waals surface area contributed by atoms with Crippen molar-refractivity contribution in [2.24, 2.45) is 22.2 Å². The molecule has 16 N–H and O–H groups in total. The van der Waals surface area contributed by atoms with Crippen LogP contribution in [0.2, 0.25) is 0 Å². The number of nitrogens with one attached hydrogen (secondary N) is 6. The number of aromatic hydroxyl groups is 2. The summed E-state index contributed by atoms with van der Waals surface area (Å²) in [5.74, 6) is -7.60. The van der Waals surface area contributed by atoms with Crippen molar-refractivity contribution in [1.82, 2.24) is 41.7 Å². The van der Waals surface area contributed by atoms with Crippen LogP contribution in [0.5, 0.6) is 11.5 Å². The molecule has 2 heterocycles. The third-order valence-electron chi connectivity index (χ3n) is 11.7. The van der Waals surface area contributed by atoms with E-state index in [0.29, 0.717) is 24.0 Å². The minimum atomic E-state index is -1.60. The number of phenolic OH excluding ortho intramolecular Hbond substituents is 2. The van der Waals surface area contributed by atoms with Crippen LogP contribution in [0.4, 0.5) is 0 Å². The number of aliphatic hydroxyl groups excluding tert-OH is 1. The first kappa shape index (κ1) is 55.1. The highest BCUT2D eigenvalue weighted by Gasteiger charge is 2.41. The standard InChI is InChI=1S/C45H64N12O13/c1-24(37(62)52-25(2)44(69)70)51-36(61)22-50-38(63)32(21-27-11-15-29(60)16-12-27)54-41(66)35-8-5-19-57(35)43(68)33(23-58)55-39(64)31(6-3-17-49-45(47)48)53-40(65)34-7-4-18-56(34)42(67)30(46)20-26-9-13-28(59)14-10-26/h9-16,24-25,30-35,58-60H,3-8,17-23,46H2,1-2H3,(H,50,63)(H,51,61)(H,52,62)(H,53,65)(H,54,66)(H,55,64)(H,69,70)(H4,47,48,49)/t24-,25-,30-,31-,32-,33-,34-,35-/m0/s1. The van der Waals surface area contributed by atoms with Crippen molar-refractivity contribution < 1.29 is 63.6 Å². The number of carboxylic acid groups (broad SMARTS) is 1. The zero-order valence-corrected chi connectivity index (χ0v) is 39.0. The maximum atomic E-state index is 14.1. The zero-order valence-electron chi connectivity index (χ0n) is 39.0. The number of nitrogens with zero attached hydrogens (tertiary/aromatic N) is 3. The molecule has 8 amide bonds. The number of carbonyl (C=O) groups excluding carboxylic acids is 8. The highest BCUT2D eigenvalue weighted by molar-refractivity contribution is 5.98. The van der Waals surface area contributed by atoms with Gasteiger partial charge in [-0.05, 0) is 94.2 Å². The van der Waals surface area contributed by atoms with Crippen LogP contribution in [0, 0.1) is 0 Å². The molecule has 0 radical (unpaired) electrons. The van der Waals surface area contributed by atoms with Crippen LogP contribution >= 0.6 is 0 Å². The van der Waals surface area contributed by atoms with Crippen molar-refractivity contribution >= 4 is 59.2 Å². The fourth-order valence-electron chi connectivity index (χ4n) is 7.88. The fourth-order valence-corrected chi connectivity index (χ4v) is 7.88. The first-order chi connectivity index (χ1) is 33.2. The van der Waals surface area contributed by atoms with Crippen LogP contribution in [-0.4, -0.2) is 171 Å². The topological polar surface area (TPSA) is 404 Å². The lowest BCUT2D eigenvalue weighted by molar-refractivity contribution is -0.143. The molecule has 25 heteroatoms. The number of nitrogens with two attached hydrogens (primary N) is 3. The monoisotopic (exact) mass is 980 g/mol. The summed E-state index contributed by atoms with van der Waals surface area (Å²) in [5.41, 5.74) is 18.4. The van der Waals surface area contributed by atoms with Crippen molar-refractivity contribution in [2.75, 3.05) is 32.8 Å². The van der Waals surface area contributed by atoms with Crippen molar-refractivity contribution in [3.8, 4) is 11.5 Å². The average Bonchev–Trinajstić information content (AvgIpc) is 4.03. The molecule has 2 aliphatic rings. The van der Waals surface area contributed by atoms with Gasteiger partial charge in [0.15, 0.2) is 5.96 Å². The Balaban J connectivity index is 1.44. The molecule has 2 saturated heterocycles. The molecule has 0 unspecified atom stereocenters. The van der Waals surface area contributed by atoms with E-state index in [1.807, 2.05) is 0 Å². The molecular weight excluding hydrogens is 917 g/mol. The van der Waals surface area contributed by atoms with Gasteiger partial charge in [0.1, 0.15) is 53.8 Å². The van der Waals surface area contributed by atoms with Crippen LogP contribution in [0.25, 0.3) is 0 Å². The Morgan fingerprint density at radius 3 is 1.73 bits per heavy atom. The Hall–Kier alpha value is -7.54. The highest BCUT2D eigenvalue weighted by atomic mass is 16.4. The van der Waals surface area contributed by atoms with Gasteiger partial charge in [-0.15, -0.1) is 0 Å². The average molecular weight is 981 g/mol. The van der Waals surface area contributed by atoms with Gasteiger partial charge >= 0.3 is 5.97 Å². The molecule has 0 saturated carbocycles. The number of aliphatic carboxylic acids is 1. The Morgan fingerprint density at radius 2 is 1.20 bits per heavy atom.